The van der Waals surface area contributed by atoms with Crippen LogP contribution in [0.2, 0.25) is 5.02 Å². The van der Waals surface area contributed by atoms with Crippen LogP contribution < -0.4 is 4.90 Å². The molecule has 0 bridgehead atoms. The molecular formula is C24H28ClN3O2S2. The number of rotatable bonds is 8. The molecule has 0 N–H and O–H groups in total. The lowest BCUT2D eigenvalue weighted by Crippen LogP contribution is -2.39. The molecule has 4 rings (SSSR count). The van der Waals surface area contributed by atoms with Gasteiger partial charge in [-0.1, -0.05) is 29.9 Å². The summed E-state index contributed by atoms with van der Waals surface area (Å²) in [6.07, 6.45) is 0.880. The van der Waals surface area contributed by atoms with E-state index in [2.05, 4.69) is 11.8 Å². The highest BCUT2D eigenvalue weighted by Gasteiger charge is 2.22. The molecule has 5 nitrogen and oxygen atoms in total. The van der Waals surface area contributed by atoms with Gasteiger partial charge in [-0.15, -0.1) is 11.8 Å². The predicted octanol–water partition coefficient (Wildman–Crippen LogP) is 5.74. The number of carbonyl (C=O) groups excluding carboxylic acids is 1. The molecule has 2 aromatic carbocycles. The first-order valence-electron chi connectivity index (χ1n) is 11.0. The van der Waals surface area contributed by atoms with Crippen LogP contribution in [0.15, 0.2) is 41.3 Å². The second kappa shape index (κ2) is 11.0. The molecule has 0 atom stereocenters. The number of nitrogens with zero attached hydrogens (tertiary/aromatic N) is 3. The first kappa shape index (κ1) is 23.5. The molecule has 1 aliphatic rings. The summed E-state index contributed by atoms with van der Waals surface area (Å²) in [6, 6.07) is 11.8. The fourth-order valence-electron chi connectivity index (χ4n) is 3.78. The summed E-state index contributed by atoms with van der Waals surface area (Å²) >= 11 is 9.63. The van der Waals surface area contributed by atoms with Gasteiger partial charge in [0.1, 0.15) is 0 Å². The van der Waals surface area contributed by atoms with Crippen molar-refractivity contribution in [2.45, 2.75) is 25.2 Å². The lowest BCUT2D eigenvalue weighted by atomic mass is 10.2. The van der Waals surface area contributed by atoms with Crippen LogP contribution in [-0.4, -0.2) is 60.9 Å². The minimum Gasteiger partial charge on any atom is -0.379 e. The number of carbonyl (C=O) groups is 1. The molecule has 1 aromatic heterocycles. The quantitative estimate of drug-likeness (QED) is 0.377. The average molecular weight is 490 g/mol. The Labute approximate surface area is 202 Å². The van der Waals surface area contributed by atoms with Gasteiger partial charge in [-0.05, 0) is 61.1 Å². The maximum Gasteiger partial charge on any atom is 0.260 e. The van der Waals surface area contributed by atoms with Crippen molar-refractivity contribution in [1.82, 2.24) is 9.88 Å². The van der Waals surface area contributed by atoms with Gasteiger partial charge in [-0.3, -0.25) is 14.6 Å². The zero-order chi connectivity index (χ0) is 22.5. The third kappa shape index (κ3) is 5.46. The molecule has 0 aliphatic carbocycles. The average Bonchev–Trinajstić information content (AvgIpc) is 3.25. The Bertz CT molecular complexity index is 1070. The van der Waals surface area contributed by atoms with E-state index in [0.717, 1.165) is 65.9 Å². The standard InChI is InChI=1S/C24H28ClN3O2S2/c1-3-31-19-7-5-18(6-8-19)23(29)28(12-4-11-27-13-15-30-16-14-27)24-26-22-17(2)20(25)9-10-21(22)32-24/h5-10H,3-4,11-16H2,1-2H3. The fourth-order valence-corrected chi connectivity index (χ4v) is 5.65. The Morgan fingerprint density at radius 3 is 2.69 bits per heavy atom. The number of halogens is 1. The maximum absolute atomic E-state index is 13.6. The molecule has 0 radical (unpaired) electrons. The zero-order valence-electron chi connectivity index (χ0n) is 18.5. The molecule has 0 unspecified atom stereocenters. The van der Waals surface area contributed by atoms with Crippen LogP contribution in [0.4, 0.5) is 5.13 Å². The van der Waals surface area contributed by atoms with E-state index < -0.39 is 0 Å². The first-order chi connectivity index (χ1) is 15.6. The molecule has 1 fully saturated rings. The van der Waals surface area contributed by atoms with Crippen molar-refractivity contribution in [3.8, 4) is 0 Å². The van der Waals surface area contributed by atoms with Crippen LogP contribution in [0.25, 0.3) is 10.2 Å². The fraction of sp³-hybridized carbons (Fsp3) is 0.417. The number of fused-ring (bicyclic) bond motifs is 1. The van der Waals surface area contributed by atoms with Crippen LogP contribution in [0, 0.1) is 6.92 Å². The van der Waals surface area contributed by atoms with Crippen molar-refractivity contribution in [1.29, 1.82) is 0 Å². The van der Waals surface area contributed by atoms with Crippen LogP contribution in [0.3, 0.4) is 0 Å². The first-order valence-corrected chi connectivity index (χ1v) is 13.2. The number of thioether (sulfide) groups is 1. The summed E-state index contributed by atoms with van der Waals surface area (Å²) in [4.78, 5) is 23.8. The van der Waals surface area contributed by atoms with Crippen molar-refractivity contribution in [3.05, 3.63) is 52.5 Å². The number of ether oxygens (including phenoxy) is 1. The zero-order valence-corrected chi connectivity index (χ0v) is 20.9. The van der Waals surface area contributed by atoms with Gasteiger partial charge in [0, 0.05) is 41.7 Å². The number of aromatic nitrogens is 1. The van der Waals surface area contributed by atoms with Gasteiger partial charge in [0.25, 0.3) is 5.91 Å². The number of benzene rings is 2. The molecule has 1 saturated heterocycles. The highest BCUT2D eigenvalue weighted by atomic mass is 35.5. The number of thiazole rings is 1. The topological polar surface area (TPSA) is 45.7 Å². The summed E-state index contributed by atoms with van der Waals surface area (Å²) < 4.78 is 6.49. The molecule has 8 heteroatoms. The number of hydrogen-bond donors (Lipinski definition) is 0. The Kier molecular flexibility index (Phi) is 8.07. The van der Waals surface area contributed by atoms with E-state index in [4.69, 9.17) is 21.3 Å². The molecule has 1 amide bonds. The summed E-state index contributed by atoms with van der Waals surface area (Å²) in [5.74, 6) is 0.997. The third-order valence-corrected chi connectivity index (χ3v) is 7.93. The number of anilines is 1. The molecule has 0 spiro atoms. The number of hydrogen-bond acceptors (Lipinski definition) is 6. The largest absolute Gasteiger partial charge is 0.379 e. The Balaban J connectivity index is 1.58. The summed E-state index contributed by atoms with van der Waals surface area (Å²) in [5, 5.41) is 1.42. The van der Waals surface area contributed by atoms with E-state index in [0.29, 0.717) is 17.1 Å². The summed E-state index contributed by atoms with van der Waals surface area (Å²) in [6.45, 7) is 9.12. The molecule has 3 aromatic rings. The molecular weight excluding hydrogens is 462 g/mol. The molecule has 0 saturated carbocycles. The van der Waals surface area contributed by atoms with Gasteiger partial charge >= 0.3 is 0 Å². The van der Waals surface area contributed by atoms with Crippen molar-refractivity contribution in [3.63, 3.8) is 0 Å². The van der Waals surface area contributed by atoms with E-state index >= 15 is 0 Å². The van der Waals surface area contributed by atoms with Crippen molar-refractivity contribution in [2.24, 2.45) is 0 Å². The Morgan fingerprint density at radius 2 is 1.97 bits per heavy atom. The van der Waals surface area contributed by atoms with Gasteiger partial charge in [0.2, 0.25) is 0 Å². The second-order valence-corrected chi connectivity index (χ2v) is 10.5. The van der Waals surface area contributed by atoms with Crippen LogP contribution in [-0.2, 0) is 4.74 Å². The van der Waals surface area contributed by atoms with Crippen molar-refractivity contribution in [2.75, 3.05) is 50.0 Å². The monoisotopic (exact) mass is 489 g/mol. The van der Waals surface area contributed by atoms with Gasteiger partial charge in [-0.2, -0.15) is 0 Å². The predicted molar refractivity (Wildman–Crippen MR) is 136 cm³/mol. The van der Waals surface area contributed by atoms with Gasteiger partial charge < -0.3 is 4.74 Å². The van der Waals surface area contributed by atoms with Crippen LogP contribution in [0.5, 0.6) is 0 Å². The normalized spacial score (nSPS) is 14.7. The van der Waals surface area contributed by atoms with E-state index in [9.17, 15) is 4.79 Å². The van der Waals surface area contributed by atoms with E-state index in [1.165, 1.54) is 4.90 Å². The van der Waals surface area contributed by atoms with E-state index in [-0.39, 0.29) is 5.91 Å². The highest BCUT2D eigenvalue weighted by molar-refractivity contribution is 7.99. The molecule has 32 heavy (non-hydrogen) atoms. The van der Waals surface area contributed by atoms with Gasteiger partial charge in [-0.25, -0.2) is 4.98 Å². The summed E-state index contributed by atoms with van der Waals surface area (Å²) in [5.41, 5.74) is 2.51. The molecule has 1 aliphatic heterocycles. The lowest BCUT2D eigenvalue weighted by Gasteiger charge is -2.27. The van der Waals surface area contributed by atoms with Gasteiger partial charge in [0.05, 0.1) is 23.4 Å². The van der Waals surface area contributed by atoms with E-state index in [1.54, 1.807) is 23.1 Å². The third-order valence-electron chi connectivity index (χ3n) is 5.58. The smallest absolute Gasteiger partial charge is 0.260 e. The number of morpholine rings is 1. The van der Waals surface area contributed by atoms with Crippen LogP contribution in [0.1, 0.15) is 29.3 Å². The molecule has 170 valence electrons. The molecule has 2 heterocycles. The van der Waals surface area contributed by atoms with Gasteiger partial charge in [0.15, 0.2) is 5.13 Å². The second-order valence-electron chi connectivity index (χ2n) is 7.74. The lowest BCUT2D eigenvalue weighted by molar-refractivity contribution is 0.0376. The number of aryl methyl sites for hydroxylation is 1. The minimum atomic E-state index is -0.0113. The SMILES string of the molecule is CCSc1ccc(C(=O)N(CCCN2CCOCC2)c2nc3c(C)c(Cl)ccc3s2)cc1. The van der Waals surface area contributed by atoms with E-state index in [1.807, 2.05) is 48.2 Å². The Morgan fingerprint density at radius 1 is 1.22 bits per heavy atom. The maximum atomic E-state index is 13.6. The summed E-state index contributed by atoms with van der Waals surface area (Å²) in [7, 11) is 0. The number of amides is 1. The van der Waals surface area contributed by atoms with Crippen LogP contribution >= 0.6 is 34.7 Å². The van der Waals surface area contributed by atoms with Crippen molar-refractivity contribution < 1.29 is 9.53 Å². The Hall–Kier alpha value is -1.64. The minimum absolute atomic E-state index is 0.0113. The highest BCUT2D eigenvalue weighted by Crippen LogP contribution is 2.34. The van der Waals surface area contributed by atoms with Crippen molar-refractivity contribution >= 4 is 56.0 Å².